The van der Waals surface area contributed by atoms with Gasteiger partial charge in [0, 0.05) is 24.0 Å². The predicted octanol–water partition coefficient (Wildman–Crippen LogP) is 3.99. The van der Waals surface area contributed by atoms with Crippen molar-refractivity contribution < 1.29 is 4.79 Å². The van der Waals surface area contributed by atoms with Gasteiger partial charge in [-0.05, 0) is 17.5 Å². The first-order valence-corrected chi connectivity index (χ1v) is 6.18. The van der Waals surface area contributed by atoms with Gasteiger partial charge >= 0.3 is 0 Å². The summed E-state index contributed by atoms with van der Waals surface area (Å²) in [5, 5.41) is 1.17. The second-order valence-corrected chi connectivity index (χ2v) is 4.33. The van der Waals surface area contributed by atoms with E-state index in [0.717, 1.165) is 5.52 Å². The van der Waals surface area contributed by atoms with Crippen molar-refractivity contribution in [3.05, 3.63) is 78.5 Å². The molecule has 0 aliphatic carbocycles. The fraction of sp³-hybridized carbons (Fsp3) is 0. The number of ketones is 1. The summed E-state index contributed by atoms with van der Waals surface area (Å²) in [5.74, 6) is 0.0124. The SMILES string of the molecule is O=C(/C=C/n1ccc2ccccc21)c1ccccc1. The summed E-state index contributed by atoms with van der Waals surface area (Å²) < 4.78 is 1.95. The monoisotopic (exact) mass is 247 g/mol. The van der Waals surface area contributed by atoms with E-state index in [1.165, 1.54) is 5.39 Å². The highest BCUT2D eigenvalue weighted by Gasteiger charge is 2.00. The Morgan fingerprint density at radius 3 is 2.47 bits per heavy atom. The lowest BCUT2D eigenvalue weighted by molar-refractivity contribution is 0.104. The van der Waals surface area contributed by atoms with E-state index in [9.17, 15) is 4.79 Å². The van der Waals surface area contributed by atoms with Crippen LogP contribution < -0.4 is 0 Å². The lowest BCUT2D eigenvalue weighted by Gasteiger charge is -1.98. The first-order valence-electron chi connectivity index (χ1n) is 6.18. The average Bonchev–Trinajstić information content (AvgIpc) is 2.89. The molecule has 0 unspecified atom stereocenters. The van der Waals surface area contributed by atoms with Gasteiger partial charge in [0.25, 0.3) is 0 Å². The lowest BCUT2D eigenvalue weighted by Crippen LogP contribution is -1.94. The number of allylic oxidation sites excluding steroid dienone is 1. The fourth-order valence-corrected chi connectivity index (χ4v) is 2.08. The van der Waals surface area contributed by atoms with Crippen molar-refractivity contribution in [1.29, 1.82) is 0 Å². The van der Waals surface area contributed by atoms with E-state index in [4.69, 9.17) is 0 Å². The molecular formula is C17H13NO. The van der Waals surface area contributed by atoms with Gasteiger partial charge in [-0.15, -0.1) is 0 Å². The van der Waals surface area contributed by atoms with E-state index in [2.05, 4.69) is 6.07 Å². The van der Waals surface area contributed by atoms with Crippen molar-refractivity contribution in [2.75, 3.05) is 0 Å². The number of carbonyl (C=O) groups is 1. The third-order valence-electron chi connectivity index (χ3n) is 3.07. The molecule has 3 rings (SSSR count). The Balaban J connectivity index is 1.89. The number of rotatable bonds is 3. The molecule has 0 spiro atoms. The molecule has 0 N–H and O–H groups in total. The number of hydrogen-bond donors (Lipinski definition) is 0. The van der Waals surface area contributed by atoms with Crippen molar-refractivity contribution in [1.82, 2.24) is 4.57 Å². The maximum atomic E-state index is 12.0. The molecule has 0 saturated heterocycles. The van der Waals surface area contributed by atoms with Gasteiger partial charge in [0.15, 0.2) is 5.78 Å². The second kappa shape index (κ2) is 4.94. The molecule has 1 aromatic heterocycles. The first kappa shape index (κ1) is 11.5. The maximum absolute atomic E-state index is 12.0. The van der Waals surface area contributed by atoms with E-state index < -0.39 is 0 Å². The van der Waals surface area contributed by atoms with Crippen LogP contribution in [-0.2, 0) is 0 Å². The Bertz CT molecular complexity index is 738. The molecule has 2 nitrogen and oxygen atoms in total. The van der Waals surface area contributed by atoms with Crippen LogP contribution in [0.15, 0.2) is 72.9 Å². The Morgan fingerprint density at radius 1 is 0.895 bits per heavy atom. The minimum absolute atomic E-state index is 0.0124. The van der Waals surface area contributed by atoms with Crippen LogP contribution in [0.2, 0.25) is 0 Å². The molecule has 0 saturated carbocycles. The van der Waals surface area contributed by atoms with Gasteiger partial charge in [-0.3, -0.25) is 4.79 Å². The zero-order chi connectivity index (χ0) is 13.1. The molecule has 0 fully saturated rings. The molecule has 0 amide bonds. The minimum atomic E-state index is 0.0124. The third kappa shape index (κ3) is 2.33. The van der Waals surface area contributed by atoms with E-state index in [-0.39, 0.29) is 5.78 Å². The van der Waals surface area contributed by atoms with Crippen molar-refractivity contribution in [3.63, 3.8) is 0 Å². The van der Waals surface area contributed by atoms with Gasteiger partial charge in [0.2, 0.25) is 0 Å². The number of hydrogen-bond acceptors (Lipinski definition) is 1. The summed E-state index contributed by atoms with van der Waals surface area (Å²) >= 11 is 0. The summed E-state index contributed by atoms with van der Waals surface area (Å²) in [6.07, 6.45) is 5.36. The molecule has 19 heavy (non-hydrogen) atoms. The molecule has 2 heteroatoms. The van der Waals surface area contributed by atoms with Gasteiger partial charge < -0.3 is 4.57 Å². The first-order chi connectivity index (χ1) is 9.34. The summed E-state index contributed by atoms with van der Waals surface area (Å²) in [6, 6.07) is 19.4. The summed E-state index contributed by atoms with van der Waals surface area (Å²) in [4.78, 5) is 12.0. The molecular weight excluding hydrogens is 234 g/mol. The Labute approximate surface area is 111 Å². The Kier molecular flexibility index (Phi) is 2.99. The van der Waals surface area contributed by atoms with Crippen LogP contribution in [0, 0.1) is 0 Å². The zero-order valence-corrected chi connectivity index (χ0v) is 10.4. The third-order valence-corrected chi connectivity index (χ3v) is 3.07. The van der Waals surface area contributed by atoms with E-state index >= 15 is 0 Å². The highest BCUT2D eigenvalue weighted by molar-refractivity contribution is 6.06. The van der Waals surface area contributed by atoms with Crippen LogP contribution in [0.5, 0.6) is 0 Å². The number of carbonyl (C=O) groups excluding carboxylic acids is 1. The Hall–Kier alpha value is -2.61. The van der Waals surface area contributed by atoms with Crippen LogP contribution in [0.4, 0.5) is 0 Å². The van der Waals surface area contributed by atoms with Gasteiger partial charge in [-0.2, -0.15) is 0 Å². The lowest BCUT2D eigenvalue weighted by atomic mass is 10.1. The number of para-hydroxylation sites is 1. The maximum Gasteiger partial charge on any atom is 0.187 e. The summed E-state index contributed by atoms with van der Waals surface area (Å²) in [7, 11) is 0. The average molecular weight is 247 g/mol. The highest BCUT2D eigenvalue weighted by Crippen LogP contribution is 2.15. The second-order valence-electron chi connectivity index (χ2n) is 4.33. The number of aromatic nitrogens is 1. The van der Waals surface area contributed by atoms with E-state index in [1.807, 2.05) is 65.4 Å². The quantitative estimate of drug-likeness (QED) is 0.506. The van der Waals surface area contributed by atoms with Gasteiger partial charge in [-0.1, -0.05) is 48.5 Å². The largest absolute Gasteiger partial charge is 0.323 e. The number of fused-ring (bicyclic) bond motifs is 1. The van der Waals surface area contributed by atoms with Gasteiger partial charge in [-0.25, -0.2) is 0 Å². The van der Waals surface area contributed by atoms with Gasteiger partial charge in [0.05, 0.1) is 5.52 Å². The Morgan fingerprint density at radius 2 is 1.63 bits per heavy atom. The fourth-order valence-electron chi connectivity index (χ4n) is 2.08. The zero-order valence-electron chi connectivity index (χ0n) is 10.4. The highest BCUT2D eigenvalue weighted by atomic mass is 16.1. The molecule has 0 radical (unpaired) electrons. The predicted molar refractivity (Wildman–Crippen MR) is 78.0 cm³/mol. The molecule has 92 valence electrons. The topological polar surface area (TPSA) is 22.0 Å². The standard InChI is InChI=1S/C17H13NO/c19-17(15-7-2-1-3-8-15)11-13-18-12-10-14-6-4-5-9-16(14)18/h1-13H/b13-11+. The molecule has 0 atom stereocenters. The van der Waals surface area contributed by atoms with Crippen molar-refractivity contribution in [3.8, 4) is 0 Å². The van der Waals surface area contributed by atoms with Crippen molar-refractivity contribution in [2.24, 2.45) is 0 Å². The smallest absolute Gasteiger partial charge is 0.187 e. The molecule has 0 bridgehead atoms. The molecule has 0 aliphatic heterocycles. The normalized spacial score (nSPS) is 11.2. The van der Waals surface area contributed by atoms with E-state index in [0.29, 0.717) is 5.56 Å². The van der Waals surface area contributed by atoms with Crippen molar-refractivity contribution >= 4 is 22.9 Å². The van der Waals surface area contributed by atoms with Crippen LogP contribution in [0.25, 0.3) is 17.1 Å². The van der Waals surface area contributed by atoms with Gasteiger partial charge in [0.1, 0.15) is 0 Å². The molecule has 2 aromatic carbocycles. The minimum Gasteiger partial charge on any atom is -0.323 e. The summed E-state index contributed by atoms with van der Waals surface area (Å²) in [6.45, 7) is 0. The van der Waals surface area contributed by atoms with Crippen LogP contribution in [0.3, 0.4) is 0 Å². The molecule has 0 aliphatic rings. The number of benzene rings is 2. The van der Waals surface area contributed by atoms with Crippen LogP contribution >= 0.6 is 0 Å². The molecule has 3 aromatic rings. The molecule has 1 heterocycles. The summed E-state index contributed by atoms with van der Waals surface area (Å²) in [5.41, 5.74) is 1.80. The van der Waals surface area contributed by atoms with Crippen LogP contribution in [0.1, 0.15) is 10.4 Å². The van der Waals surface area contributed by atoms with E-state index in [1.54, 1.807) is 12.3 Å². The van der Waals surface area contributed by atoms with Crippen LogP contribution in [-0.4, -0.2) is 10.4 Å². The van der Waals surface area contributed by atoms with Crippen molar-refractivity contribution in [2.45, 2.75) is 0 Å². The number of nitrogens with zero attached hydrogens (tertiary/aromatic N) is 1.